The first-order chi connectivity index (χ1) is 8.07. The van der Waals surface area contributed by atoms with Gasteiger partial charge in [0.05, 0.1) is 24.1 Å². The number of benzene rings is 1. The molecule has 0 bridgehead atoms. The van der Waals surface area contributed by atoms with Crippen molar-refractivity contribution in [1.29, 1.82) is 0 Å². The van der Waals surface area contributed by atoms with Crippen LogP contribution >= 0.6 is 0 Å². The zero-order valence-corrected chi connectivity index (χ0v) is 10.4. The van der Waals surface area contributed by atoms with E-state index >= 15 is 0 Å². The van der Waals surface area contributed by atoms with Gasteiger partial charge >= 0.3 is 0 Å². The summed E-state index contributed by atoms with van der Waals surface area (Å²) in [4.78, 5) is 0. The summed E-state index contributed by atoms with van der Waals surface area (Å²) in [6, 6.07) is 7.76. The summed E-state index contributed by atoms with van der Waals surface area (Å²) in [5.74, 6) is -0.434. The molecule has 3 N–H and O–H groups in total. The molecule has 1 aromatic rings. The number of ether oxygens (including phenoxy) is 2. The van der Waals surface area contributed by atoms with Crippen LogP contribution < -0.4 is 11.1 Å². The Morgan fingerprint density at radius 2 is 2.18 bits per heavy atom. The molecule has 1 aliphatic rings. The van der Waals surface area contributed by atoms with Crippen molar-refractivity contribution < 1.29 is 9.47 Å². The number of hydrogen-bond donors (Lipinski definition) is 2. The molecule has 94 valence electrons. The van der Waals surface area contributed by atoms with Crippen LogP contribution in [-0.4, -0.2) is 25.0 Å². The van der Waals surface area contributed by atoms with Crippen LogP contribution in [-0.2, 0) is 9.47 Å². The van der Waals surface area contributed by atoms with E-state index in [4.69, 9.17) is 15.2 Å². The second kappa shape index (κ2) is 4.94. The zero-order valence-electron chi connectivity index (χ0n) is 10.4. The molecule has 1 heterocycles. The Hall–Kier alpha value is -1.26. The monoisotopic (exact) mass is 236 g/mol. The highest BCUT2D eigenvalue weighted by Gasteiger charge is 2.31. The first-order valence-corrected chi connectivity index (χ1v) is 5.97. The van der Waals surface area contributed by atoms with Gasteiger partial charge in [-0.05, 0) is 32.4 Å². The zero-order chi connectivity index (χ0) is 12.3. The molecule has 1 aromatic carbocycles. The highest BCUT2D eigenvalue weighted by atomic mass is 16.7. The molecule has 2 rings (SSSR count). The molecule has 0 saturated carbocycles. The first-order valence-electron chi connectivity index (χ1n) is 5.97. The summed E-state index contributed by atoms with van der Waals surface area (Å²) in [6.07, 6.45) is 1.08. The second-order valence-electron chi connectivity index (χ2n) is 4.75. The molecule has 4 nitrogen and oxygen atoms in total. The first kappa shape index (κ1) is 12.2. The Bertz CT molecular complexity index is 379. The Kier molecular flexibility index (Phi) is 3.54. The van der Waals surface area contributed by atoms with E-state index in [1.165, 1.54) is 0 Å². The second-order valence-corrected chi connectivity index (χ2v) is 4.75. The van der Waals surface area contributed by atoms with E-state index in [1.54, 1.807) is 0 Å². The van der Waals surface area contributed by atoms with E-state index in [-0.39, 0.29) is 6.10 Å². The molecular weight excluding hydrogens is 216 g/mol. The molecule has 0 aliphatic carbocycles. The summed E-state index contributed by atoms with van der Waals surface area (Å²) in [7, 11) is 0. The van der Waals surface area contributed by atoms with Crippen LogP contribution in [0.15, 0.2) is 24.3 Å². The topological polar surface area (TPSA) is 56.5 Å². The molecule has 0 aromatic heterocycles. The van der Waals surface area contributed by atoms with Gasteiger partial charge in [-0.1, -0.05) is 12.1 Å². The van der Waals surface area contributed by atoms with Gasteiger partial charge in [-0.3, -0.25) is 0 Å². The molecule has 17 heavy (non-hydrogen) atoms. The third kappa shape index (κ3) is 3.35. The molecule has 0 amide bonds. The lowest BCUT2D eigenvalue weighted by molar-refractivity contribution is -0.138. The van der Waals surface area contributed by atoms with Crippen LogP contribution in [0.2, 0.25) is 0 Å². The minimum atomic E-state index is -0.434. The lowest BCUT2D eigenvalue weighted by Gasteiger charge is -2.17. The summed E-state index contributed by atoms with van der Waals surface area (Å²) >= 11 is 0. The molecule has 1 unspecified atom stereocenters. The maximum atomic E-state index is 5.84. The van der Waals surface area contributed by atoms with E-state index in [0.717, 1.165) is 24.3 Å². The fraction of sp³-hybridized carbons (Fsp3) is 0.538. The third-order valence-corrected chi connectivity index (χ3v) is 2.81. The van der Waals surface area contributed by atoms with Crippen molar-refractivity contribution in [2.45, 2.75) is 32.2 Å². The lowest BCUT2D eigenvalue weighted by atomic mass is 10.2. The van der Waals surface area contributed by atoms with Gasteiger partial charge in [-0.15, -0.1) is 0 Å². The summed E-state index contributed by atoms with van der Waals surface area (Å²) in [6.45, 7) is 5.38. The number of nitrogens with two attached hydrogens (primary N) is 1. The summed E-state index contributed by atoms with van der Waals surface area (Å²) < 4.78 is 11.2. The lowest BCUT2D eigenvalue weighted by Crippen LogP contribution is -2.22. The van der Waals surface area contributed by atoms with Gasteiger partial charge in [0, 0.05) is 6.54 Å². The fourth-order valence-electron chi connectivity index (χ4n) is 1.93. The number of rotatable bonds is 4. The summed E-state index contributed by atoms with van der Waals surface area (Å²) in [5, 5.41) is 3.31. The summed E-state index contributed by atoms with van der Waals surface area (Å²) in [5.41, 5.74) is 7.59. The van der Waals surface area contributed by atoms with Crippen molar-refractivity contribution in [3.63, 3.8) is 0 Å². The number of nitrogens with one attached hydrogen (secondary N) is 1. The highest BCUT2D eigenvalue weighted by Crippen LogP contribution is 2.24. The largest absolute Gasteiger partial charge is 0.397 e. The fourth-order valence-corrected chi connectivity index (χ4v) is 1.93. The van der Waals surface area contributed by atoms with Gasteiger partial charge in [0.2, 0.25) is 0 Å². The number of nitrogen functional groups attached to an aromatic ring is 1. The molecule has 1 fully saturated rings. The van der Waals surface area contributed by atoms with Crippen LogP contribution in [0.4, 0.5) is 11.4 Å². The average molecular weight is 236 g/mol. The molecule has 0 radical (unpaired) electrons. The smallest absolute Gasteiger partial charge is 0.163 e. The number of hydrogen-bond acceptors (Lipinski definition) is 4. The normalized spacial score (nSPS) is 22.6. The van der Waals surface area contributed by atoms with E-state index in [9.17, 15) is 0 Å². The van der Waals surface area contributed by atoms with Gasteiger partial charge < -0.3 is 20.5 Å². The maximum absolute atomic E-state index is 5.84. The van der Waals surface area contributed by atoms with Crippen molar-refractivity contribution in [2.24, 2.45) is 0 Å². The van der Waals surface area contributed by atoms with Crippen LogP contribution in [0, 0.1) is 0 Å². The van der Waals surface area contributed by atoms with Crippen molar-refractivity contribution >= 4 is 11.4 Å². The average Bonchev–Trinajstić information content (AvgIpc) is 2.61. The Labute approximate surface area is 102 Å². The van der Waals surface area contributed by atoms with Crippen LogP contribution in [0.1, 0.15) is 20.3 Å². The van der Waals surface area contributed by atoms with Crippen molar-refractivity contribution in [1.82, 2.24) is 0 Å². The Morgan fingerprint density at radius 3 is 2.82 bits per heavy atom. The van der Waals surface area contributed by atoms with E-state index < -0.39 is 5.79 Å². The van der Waals surface area contributed by atoms with Gasteiger partial charge in [0.1, 0.15) is 0 Å². The van der Waals surface area contributed by atoms with Crippen molar-refractivity contribution in [3.05, 3.63) is 24.3 Å². The van der Waals surface area contributed by atoms with Gasteiger partial charge in [0.15, 0.2) is 5.79 Å². The molecule has 0 spiro atoms. The van der Waals surface area contributed by atoms with Crippen LogP contribution in [0.3, 0.4) is 0 Å². The number of anilines is 2. The SMILES string of the molecule is CC1(C)OCC(CCNc2ccccc2N)O1. The minimum absolute atomic E-state index is 0.169. The molecule has 1 aliphatic heterocycles. The van der Waals surface area contributed by atoms with E-state index in [2.05, 4.69) is 5.32 Å². The van der Waals surface area contributed by atoms with Crippen LogP contribution in [0.5, 0.6) is 0 Å². The Morgan fingerprint density at radius 1 is 1.41 bits per heavy atom. The molecule has 1 atom stereocenters. The quantitative estimate of drug-likeness (QED) is 0.787. The van der Waals surface area contributed by atoms with Gasteiger partial charge in [-0.25, -0.2) is 0 Å². The number of para-hydroxylation sites is 2. The van der Waals surface area contributed by atoms with Gasteiger partial charge in [0.25, 0.3) is 0 Å². The predicted molar refractivity (Wildman–Crippen MR) is 68.9 cm³/mol. The predicted octanol–water partition coefficient (Wildman–Crippen LogP) is 2.22. The van der Waals surface area contributed by atoms with Crippen LogP contribution in [0.25, 0.3) is 0 Å². The molecule has 4 heteroatoms. The van der Waals surface area contributed by atoms with E-state index in [1.807, 2.05) is 38.1 Å². The molecular formula is C13H20N2O2. The Balaban J connectivity index is 1.76. The van der Waals surface area contributed by atoms with Gasteiger partial charge in [-0.2, -0.15) is 0 Å². The molecule has 1 saturated heterocycles. The maximum Gasteiger partial charge on any atom is 0.163 e. The van der Waals surface area contributed by atoms with E-state index in [0.29, 0.717) is 6.61 Å². The highest BCUT2D eigenvalue weighted by molar-refractivity contribution is 5.65. The van der Waals surface area contributed by atoms with Crippen molar-refractivity contribution in [2.75, 3.05) is 24.2 Å². The van der Waals surface area contributed by atoms with Crippen molar-refractivity contribution in [3.8, 4) is 0 Å². The standard InChI is InChI=1S/C13H20N2O2/c1-13(2)16-9-10(17-13)7-8-15-12-6-4-3-5-11(12)14/h3-6,10,15H,7-9,14H2,1-2H3. The third-order valence-electron chi connectivity index (χ3n) is 2.81. The minimum Gasteiger partial charge on any atom is -0.397 e.